The quantitative estimate of drug-likeness (QED) is 0.629. The molecule has 0 spiro atoms. The average molecular weight is 378 g/mol. The van der Waals surface area contributed by atoms with Crippen molar-refractivity contribution in [1.29, 1.82) is 0 Å². The van der Waals surface area contributed by atoms with Crippen LogP contribution in [0.5, 0.6) is 0 Å². The number of benzene rings is 1. The van der Waals surface area contributed by atoms with Gasteiger partial charge in [0.05, 0.1) is 11.5 Å². The summed E-state index contributed by atoms with van der Waals surface area (Å²) >= 11 is 0. The molecule has 148 valence electrons. The van der Waals surface area contributed by atoms with Crippen LogP contribution in [0, 0.1) is 21.8 Å². The number of halogens is 1. The number of hydrogen-bond acceptors (Lipinski definition) is 5. The van der Waals surface area contributed by atoms with Crippen molar-refractivity contribution >= 4 is 17.3 Å². The second-order valence-electron chi connectivity index (χ2n) is 7.66. The zero-order chi connectivity index (χ0) is 19.4. The molecule has 1 aliphatic heterocycles. The van der Waals surface area contributed by atoms with Crippen molar-refractivity contribution in [2.45, 2.75) is 38.6 Å². The minimum absolute atomic E-state index is 0.0410. The molecule has 0 radical (unpaired) electrons. The van der Waals surface area contributed by atoms with Crippen LogP contribution in [0.25, 0.3) is 0 Å². The molecule has 1 aromatic carbocycles. The topological polar surface area (TPSA) is 78.7 Å². The van der Waals surface area contributed by atoms with Gasteiger partial charge >= 0.3 is 5.69 Å². The third-order valence-corrected chi connectivity index (χ3v) is 5.53. The summed E-state index contributed by atoms with van der Waals surface area (Å²) in [6.07, 6.45) is 4.49. The summed E-state index contributed by atoms with van der Waals surface area (Å²) in [4.78, 5) is 26.7. The Morgan fingerprint density at radius 1 is 1.30 bits per heavy atom. The second-order valence-corrected chi connectivity index (χ2v) is 7.66. The normalized spacial score (nSPS) is 23.9. The predicted molar refractivity (Wildman–Crippen MR) is 101 cm³/mol. The lowest BCUT2D eigenvalue weighted by Crippen LogP contribution is -2.51. The van der Waals surface area contributed by atoms with E-state index in [1.807, 2.05) is 9.80 Å². The Balaban J connectivity index is 1.51. The van der Waals surface area contributed by atoms with Gasteiger partial charge < -0.3 is 10.2 Å². The molecule has 27 heavy (non-hydrogen) atoms. The lowest BCUT2D eigenvalue weighted by Gasteiger charge is -2.36. The minimum atomic E-state index is -0.819. The molecule has 8 heteroatoms. The zero-order valence-electron chi connectivity index (χ0n) is 15.7. The van der Waals surface area contributed by atoms with Crippen LogP contribution >= 0.6 is 0 Å². The lowest BCUT2D eigenvalue weighted by atomic mass is 9.87. The summed E-state index contributed by atoms with van der Waals surface area (Å²) in [6.45, 7) is 4.84. The van der Waals surface area contributed by atoms with E-state index in [4.69, 9.17) is 0 Å². The Kier molecular flexibility index (Phi) is 6.26. The van der Waals surface area contributed by atoms with Crippen molar-refractivity contribution in [2.75, 3.05) is 37.6 Å². The van der Waals surface area contributed by atoms with Gasteiger partial charge in [-0.05, 0) is 30.9 Å². The first-order valence-electron chi connectivity index (χ1n) is 9.63. The van der Waals surface area contributed by atoms with E-state index in [1.54, 1.807) is 6.07 Å². The monoisotopic (exact) mass is 378 g/mol. The maximum absolute atomic E-state index is 13.8. The van der Waals surface area contributed by atoms with Gasteiger partial charge in [-0.1, -0.05) is 25.8 Å². The number of nitrogens with zero attached hydrogens (tertiary/aromatic N) is 3. The van der Waals surface area contributed by atoms with Crippen LogP contribution in [0.3, 0.4) is 0 Å². The van der Waals surface area contributed by atoms with E-state index in [1.165, 1.54) is 12.5 Å². The highest BCUT2D eigenvalue weighted by molar-refractivity contribution is 5.78. The van der Waals surface area contributed by atoms with Crippen LogP contribution in [-0.4, -0.2) is 54.5 Å². The first kappa shape index (κ1) is 19.5. The van der Waals surface area contributed by atoms with E-state index in [9.17, 15) is 19.3 Å². The Hall–Kier alpha value is -2.22. The van der Waals surface area contributed by atoms with Crippen molar-refractivity contribution in [3.05, 3.63) is 34.1 Å². The van der Waals surface area contributed by atoms with Gasteiger partial charge in [-0.3, -0.25) is 19.8 Å². The van der Waals surface area contributed by atoms with Crippen LogP contribution in [-0.2, 0) is 4.79 Å². The van der Waals surface area contributed by atoms with Crippen LogP contribution in [0.4, 0.5) is 15.8 Å². The number of hydrogen-bond donors (Lipinski definition) is 1. The van der Waals surface area contributed by atoms with E-state index in [0.717, 1.165) is 25.3 Å². The number of para-hydroxylation sites is 1. The van der Waals surface area contributed by atoms with Crippen molar-refractivity contribution in [2.24, 2.45) is 5.92 Å². The predicted octanol–water partition coefficient (Wildman–Crippen LogP) is 2.55. The Morgan fingerprint density at radius 3 is 2.70 bits per heavy atom. The molecule has 1 saturated carbocycles. The highest BCUT2D eigenvalue weighted by Crippen LogP contribution is 2.31. The van der Waals surface area contributed by atoms with Gasteiger partial charge in [0, 0.05) is 32.2 Å². The molecule has 2 fully saturated rings. The molecular weight excluding hydrogens is 351 g/mol. The van der Waals surface area contributed by atoms with Crippen LogP contribution in [0.15, 0.2) is 18.2 Å². The molecule has 1 aromatic rings. The number of carbonyl (C=O) groups is 1. The molecule has 2 aliphatic rings. The Bertz CT molecular complexity index is 692. The minimum Gasteiger partial charge on any atom is -0.363 e. The highest BCUT2D eigenvalue weighted by Gasteiger charge is 2.28. The smallest absolute Gasteiger partial charge is 0.327 e. The van der Waals surface area contributed by atoms with Crippen molar-refractivity contribution in [3.63, 3.8) is 0 Å². The molecule has 2 atom stereocenters. The molecule has 1 amide bonds. The van der Waals surface area contributed by atoms with E-state index in [2.05, 4.69) is 12.2 Å². The second kappa shape index (κ2) is 8.65. The molecule has 1 aliphatic carbocycles. The fourth-order valence-electron chi connectivity index (χ4n) is 4.13. The van der Waals surface area contributed by atoms with Gasteiger partial charge in [-0.25, -0.2) is 0 Å². The number of anilines is 1. The van der Waals surface area contributed by atoms with Crippen molar-refractivity contribution < 1.29 is 14.1 Å². The van der Waals surface area contributed by atoms with Gasteiger partial charge in [-0.2, -0.15) is 4.39 Å². The molecule has 2 unspecified atom stereocenters. The summed E-state index contributed by atoms with van der Waals surface area (Å²) in [5, 5.41) is 14.3. The Labute approximate surface area is 158 Å². The van der Waals surface area contributed by atoms with Gasteiger partial charge in [0.2, 0.25) is 11.7 Å². The van der Waals surface area contributed by atoms with Gasteiger partial charge in [0.1, 0.15) is 5.69 Å². The third-order valence-electron chi connectivity index (χ3n) is 5.53. The first-order valence-corrected chi connectivity index (χ1v) is 9.63. The standard InChI is InChI=1S/C19H27FN4O3/c1-14-4-2-5-15(12-14)21-18(25)13-22-8-10-23(11-9-22)17-7-3-6-16(20)19(17)24(26)27/h3,6-7,14-15H,2,4-5,8-13H2,1H3,(H,21,25). The van der Waals surface area contributed by atoms with E-state index in [-0.39, 0.29) is 11.9 Å². The molecule has 0 bridgehead atoms. The van der Waals surface area contributed by atoms with E-state index in [0.29, 0.717) is 44.3 Å². The molecule has 1 heterocycles. The fourth-order valence-corrected chi connectivity index (χ4v) is 4.13. The van der Waals surface area contributed by atoms with Crippen molar-refractivity contribution in [1.82, 2.24) is 10.2 Å². The number of nitrogens with one attached hydrogen (secondary N) is 1. The first-order chi connectivity index (χ1) is 12.9. The van der Waals surface area contributed by atoms with Gasteiger partial charge in [-0.15, -0.1) is 0 Å². The summed E-state index contributed by atoms with van der Waals surface area (Å²) in [7, 11) is 0. The fraction of sp³-hybridized carbons (Fsp3) is 0.632. The molecule has 3 rings (SSSR count). The zero-order valence-corrected chi connectivity index (χ0v) is 15.7. The molecule has 1 saturated heterocycles. The Morgan fingerprint density at radius 2 is 2.04 bits per heavy atom. The molecular formula is C19H27FN4O3. The van der Waals surface area contributed by atoms with Crippen LogP contribution < -0.4 is 10.2 Å². The van der Waals surface area contributed by atoms with Gasteiger partial charge in [0.15, 0.2) is 0 Å². The summed E-state index contributed by atoms with van der Waals surface area (Å²) in [6, 6.07) is 4.45. The maximum atomic E-state index is 13.8. The number of rotatable bonds is 5. The number of nitro groups is 1. The van der Waals surface area contributed by atoms with Crippen LogP contribution in [0.1, 0.15) is 32.6 Å². The summed E-state index contributed by atoms with van der Waals surface area (Å²) in [5.41, 5.74) is -0.171. The molecule has 0 aromatic heterocycles. The maximum Gasteiger partial charge on any atom is 0.327 e. The molecule has 1 N–H and O–H groups in total. The third kappa shape index (κ3) is 4.94. The van der Waals surface area contributed by atoms with Crippen molar-refractivity contribution in [3.8, 4) is 0 Å². The largest absolute Gasteiger partial charge is 0.363 e. The number of nitro benzene ring substituents is 1. The van der Waals surface area contributed by atoms with Gasteiger partial charge in [0.25, 0.3) is 0 Å². The summed E-state index contributed by atoms with van der Waals surface area (Å²) in [5.74, 6) is -0.116. The average Bonchev–Trinajstić information content (AvgIpc) is 2.61. The highest BCUT2D eigenvalue weighted by atomic mass is 19.1. The summed E-state index contributed by atoms with van der Waals surface area (Å²) < 4.78 is 13.8. The number of piperazine rings is 1. The van der Waals surface area contributed by atoms with E-state index >= 15 is 0 Å². The number of amides is 1. The number of carbonyl (C=O) groups excluding carboxylic acids is 1. The van der Waals surface area contributed by atoms with Crippen LogP contribution in [0.2, 0.25) is 0 Å². The van der Waals surface area contributed by atoms with E-state index < -0.39 is 16.4 Å². The molecule has 7 nitrogen and oxygen atoms in total. The lowest BCUT2D eigenvalue weighted by molar-refractivity contribution is -0.386. The SMILES string of the molecule is CC1CCCC(NC(=O)CN2CCN(c3cccc(F)c3[N+](=O)[O-])CC2)C1.